The summed E-state index contributed by atoms with van der Waals surface area (Å²) in [5.74, 6) is 0.238. The van der Waals surface area contributed by atoms with Crippen molar-refractivity contribution in [3.8, 4) is 5.75 Å². The molecular formula is C22H25NO5. The van der Waals surface area contributed by atoms with E-state index in [1.807, 2.05) is 54.6 Å². The van der Waals surface area contributed by atoms with Crippen LogP contribution in [-0.2, 0) is 20.9 Å². The highest BCUT2D eigenvalue weighted by Crippen LogP contribution is 2.27. The Balaban J connectivity index is 1.79. The standard InChI is InChI=1S/C22H25NO5/c1-3-7-18(24)20-19(23-16-10-12-17(26-2)13-11-16)21(22(25)28-20)27-14-15-8-5-4-6-9-15/h3-13,18-21,23-24H,14H2,1-2H3/b7-3+/t18-,19-,20+,21-/m0/s1. The first-order chi connectivity index (χ1) is 13.6. The van der Waals surface area contributed by atoms with Gasteiger partial charge < -0.3 is 24.6 Å². The van der Waals surface area contributed by atoms with Crippen LogP contribution in [0.25, 0.3) is 0 Å². The van der Waals surface area contributed by atoms with Crippen LogP contribution in [0.15, 0.2) is 66.7 Å². The highest BCUT2D eigenvalue weighted by atomic mass is 16.6. The van der Waals surface area contributed by atoms with Gasteiger partial charge in [0.15, 0.2) is 12.2 Å². The number of carbonyl (C=O) groups excluding carboxylic acids is 1. The number of cyclic esters (lactones) is 1. The molecule has 0 bridgehead atoms. The number of methoxy groups -OCH3 is 1. The lowest BCUT2D eigenvalue weighted by atomic mass is 10.0. The zero-order valence-electron chi connectivity index (χ0n) is 15.9. The molecule has 0 aromatic heterocycles. The third kappa shape index (κ3) is 4.71. The zero-order valence-corrected chi connectivity index (χ0v) is 15.9. The minimum atomic E-state index is -0.935. The first kappa shape index (κ1) is 19.9. The highest BCUT2D eigenvalue weighted by Gasteiger charge is 2.48. The first-order valence-electron chi connectivity index (χ1n) is 9.20. The van der Waals surface area contributed by atoms with E-state index in [0.717, 1.165) is 17.0 Å². The molecule has 0 amide bonds. The van der Waals surface area contributed by atoms with Crippen molar-refractivity contribution in [3.63, 3.8) is 0 Å². The molecule has 0 radical (unpaired) electrons. The molecule has 1 fully saturated rings. The summed E-state index contributed by atoms with van der Waals surface area (Å²) in [4.78, 5) is 12.5. The van der Waals surface area contributed by atoms with E-state index < -0.39 is 30.3 Å². The van der Waals surface area contributed by atoms with E-state index in [1.54, 1.807) is 26.2 Å². The molecule has 3 rings (SSSR count). The molecule has 148 valence electrons. The number of aliphatic hydroxyl groups excluding tert-OH is 1. The summed E-state index contributed by atoms with van der Waals surface area (Å²) < 4.78 is 16.5. The predicted octanol–water partition coefficient (Wildman–Crippen LogP) is 2.92. The second-order valence-corrected chi connectivity index (χ2v) is 6.53. The van der Waals surface area contributed by atoms with Gasteiger partial charge >= 0.3 is 5.97 Å². The number of aliphatic hydroxyl groups is 1. The molecule has 0 unspecified atom stereocenters. The van der Waals surface area contributed by atoms with Gasteiger partial charge in [0.25, 0.3) is 0 Å². The largest absolute Gasteiger partial charge is 0.497 e. The van der Waals surface area contributed by atoms with Crippen LogP contribution in [0, 0.1) is 0 Å². The van der Waals surface area contributed by atoms with Crippen molar-refractivity contribution in [3.05, 3.63) is 72.3 Å². The maximum atomic E-state index is 12.5. The van der Waals surface area contributed by atoms with Crippen LogP contribution >= 0.6 is 0 Å². The molecule has 2 aromatic rings. The quantitative estimate of drug-likeness (QED) is 0.539. The molecule has 28 heavy (non-hydrogen) atoms. The minimum Gasteiger partial charge on any atom is -0.497 e. The smallest absolute Gasteiger partial charge is 0.338 e. The zero-order chi connectivity index (χ0) is 19.9. The molecule has 1 saturated heterocycles. The van der Waals surface area contributed by atoms with Crippen molar-refractivity contribution >= 4 is 11.7 Å². The lowest BCUT2D eigenvalue weighted by Gasteiger charge is -2.25. The Morgan fingerprint density at radius 2 is 1.89 bits per heavy atom. The molecule has 0 spiro atoms. The van der Waals surface area contributed by atoms with Gasteiger partial charge in [0, 0.05) is 5.69 Å². The maximum Gasteiger partial charge on any atom is 0.338 e. The SMILES string of the molecule is C/C=C/[C@H](O)[C@H]1OC(=O)[C@@H](OCc2ccccc2)[C@H]1Nc1ccc(OC)cc1. The number of anilines is 1. The van der Waals surface area contributed by atoms with Crippen LogP contribution in [0.4, 0.5) is 5.69 Å². The fraction of sp³-hybridized carbons (Fsp3) is 0.318. The Morgan fingerprint density at radius 1 is 1.18 bits per heavy atom. The van der Waals surface area contributed by atoms with Crippen LogP contribution in [0.2, 0.25) is 0 Å². The normalized spacial score (nSPS) is 22.8. The van der Waals surface area contributed by atoms with Gasteiger partial charge in [0.2, 0.25) is 0 Å². The number of nitrogens with one attached hydrogen (secondary N) is 1. The van der Waals surface area contributed by atoms with Crippen molar-refractivity contribution in [1.82, 2.24) is 0 Å². The van der Waals surface area contributed by atoms with E-state index in [2.05, 4.69) is 5.32 Å². The van der Waals surface area contributed by atoms with Crippen molar-refractivity contribution in [1.29, 1.82) is 0 Å². The van der Waals surface area contributed by atoms with Gasteiger partial charge in [-0.05, 0) is 36.8 Å². The number of allylic oxidation sites excluding steroid dienone is 1. The third-order valence-corrected chi connectivity index (χ3v) is 4.59. The van der Waals surface area contributed by atoms with E-state index in [9.17, 15) is 9.90 Å². The van der Waals surface area contributed by atoms with Crippen molar-refractivity contribution in [2.24, 2.45) is 0 Å². The van der Waals surface area contributed by atoms with Gasteiger partial charge in [-0.2, -0.15) is 0 Å². The summed E-state index contributed by atoms with van der Waals surface area (Å²) >= 11 is 0. The average molecular weight is 383 g/mol. The Hall–Kier alpha value is -2.83. The summed E-state index contributed by atoms with van der Waals surface area (Å²) in [5.41, 5.74) is 1.73. The summed E-state index contributed by atoms with van der Waals surface area (Å²) in [6.45, 7) is 2.07. The molecule has 2 N–H and O–H groups in total. The van der Waals surface area contributed by atoms with E-state index in [4.69, 9.17) is 14.2 Å². The molecule has 1 aliphatic heterocycles. The Morgan fingerprint density at radius 3 is 2.54 bits per heavy atom. The topological polar surface area (TPSA) is 77.0 Å². The number of hydrogen-bond acceptors (Lipinski definition) is 6. The van der Waals surface area contributed by atoms with Crippen LogP contribution in [0.5, 0.6) is 5.75 Å². The summed E-state index contributed by atoms with van der Waals surface area (Å²) in [5, 5.41) is 13.7. The van der Waals surface area contributed by atoms with Gasteiger partial charge in [-0.25, -0.2) is 4.79 Å². The maximum absolute atomic E-state index is 12.5. The Labute approximate surface area is 164 Å². The Bertz CT molecular complexity index is 790. The monoisotopic (exact) mass is 383 g/mol. The number of ether oxygens (including phenoxy) is 3. The van der Waals surface area contributed by atoms with E-state index in [0.29, 0.717) is 0 Å². The number of rotatable bonds is 8. The number of esters is 1. The van der Waals surface area contributed by atoms with Crippen molar-refractivity contribution < 1.29 is 24.1 Å². The Kier molecular flexibility index (Phi) is 6.68. The average Bonchev–Trinajstić information content (AvgIpc) is 3.03. The molecule has 1 heterocycles. The van der Waals surface area contributed by atoms with E-state index in [-0.39, 0.29) is 6.61 Å². The number of benzene rings is 2. The van der Waals surface area contributed by atoms with Crippen LogP contribution in [0.3, 0.4) is 0 Å². The second-order valence-electron chi connectivity index (χ2n) is 6.53. The fourth-order valence-electron chi connectivity index (χ4n) is 3.15. The van der Waals surface area contributed by atoms with Gasteiger partial charge in [0.1, 0.15) is 17.9 Å². The van der Waals surface area contributed by atoms with Crippen LogP contribution in [0.1, 0.15) is 12.5 Å². The lowest BCUT2D eigenvalue weighted by molar-refractivity contribution is -0.152. The van der Waals surface area contributed by atoms with Gasteiger partial charge in [0.05, 0.1) is 13.7 Å². The molecule has 6 nitrogen and oxygen atoms in total. The van der Waals surface area contributed by atoms with Gasteiger partial charge in [-0.1, -0.05) is 42.5 Å². The third-order valence-electron chi connectivity index (χ3n) is 4.59. The molecule has 2 aromatic carbocycles. The molecule has 0 saturated carbocycles. The van der Waals surface area contributed by atoms with E-state index in [1.165, 1.54) is 0 Å². The molecule has 4 atom stereocenters. The van der Waals surface area contributed by atoms with Crippen molar-refractivity contribution in [2.45, 2.75) is 37.9 Å². The van der Waals surface area contributed by atoms with E-state index >= 15 is 0 Å². The fourth-order valence-corrected chi connectivity index (χ4v) is 3.15. The number of hydrogen-bond donors (Lipinski definition) is 2. The van der Waals surface area contributed by atoms with Crippen molar-refractivity contribution in [2.75, 3.05) is 12.4 Å². The molecular weight excluding hydrogens is 358 g/mol. The minimum absolute atomic E-state index is 0.272. The van der Waals surface area contributed by atoms with Gasteiger partial charge in [-0.15, -0.1) is 0 Å². The highest BCUT2D eigenvalue weighted by molar-refractivity contribution is 5.79. The van der Waals surface area contributed by atoms with Crippen LogP contribution < -0.4 is 10.1 Å². The summed E-state index contributed by atoms with van der Waals surface area (Å²) in [6.07, 6.45) is 0.787. The molecule has 0 aliphatic carbocycles. The summed E-state index contributed by atoms with van der Waals surface area (Å²) in [7, 11) is 1.60. The molecule has 6 heteroatoms. The first-order valence-corrected chi connectivity index (χ1v) is 9.20. The van der Waals surface area contributed by atoms with Gasteiger partial charge in [-0.3, -0.25) is 0 Å². The van der Waals surface area contributed by atoms with Crippen LogP contribution in [-0.4, -0.2) is 42.5 Å². The summed E-state index contributed by atoms with van der Waals surface area (Å²) in [6, 6.07) is 16.4. The second kappa shape index (κ2) is 9.39. The number of carbonyl (C=O) groups is 1. The molecule has 1 aliphatic rings. The lowest BCUT2D eigenvalue weighted by Crippen LogP contribution is -2.44. The predicted molar refractivity (Wildman–Crippen MR) is 106 cm³/mol.